The van der Waals surface area contributed by atoms with Crippen molar-refractivity contribution in [3.8, 4) is 11.1 Å². The quantitative estimate of drug-likeness (QED) is 0.381. The summed E-state index contributed by atoms with van der Waals surface area (Å²) >= 11 is 0. The van der Waals surface area contributed by atoms with Crippen LogP contribution in [0.2, 0.25) is 0 Å². The minimum absolute atomic E-state index is 0.0723. The van der Waals surface area contributed by atoms with Gasteiger partial charge in [-0.15, -0.1) is 0 Å². The van der Waals surface area contributed by atoms with E-state index in [1.807, 2.05) is 61.5 Å². The molecule has 1 aromatic heterocycles. The highest BCUT2D eigenvalue weighted by Gasteiger charge is 2.28. The van der Waals surface area contributed by atoms with Crippen molar-refractivity contribution in [1.82, 2.24) is 10.3 Å². The van der Waals surface area contributed by atoms with E-state index in [2.05, 4.69) is 34.6 Å². The molecule has 0 unspecified atom stereocenters. The van der Waals surface area contributed by atoms with Crippen molar-refractivity contribution in [1.29, 1.82) is 0 Å². The SMILES string of the molecule is Cc1nc2cc(C=CCCNC(=O)OCC3c4ccccc4-c4ccccc43)ccc2o1. The first-order valence-electron chi connectivity index (χ1n) is 10.8. The molecule has 160 valence electrons. The van der Waals surface area contributed by atoms with E-state index in [1.54, 1.807) is 0 Å². The molecule has 1 heterocycles. The van der Waals surface area contributed by atoms with Gasteiger partial charge in [0.2, 0.25) is 0 Å². The van der Waals surface area contributed by atoms with Gasteiger partial charge in [-0.2, -0.15) is 0 Å². The first-order valence-corrected chi connectivity index (χ1v) is 10.8. The zero-order valence-corrected chi connectivity index (χ0v) is 17.9. The Kier molecular flexibility index (Phi) is 5.46. The largest absolute Gasteiger partial charge is 0.449 e. The van der Waals surface area contributed by atoms with Gasteiger partial charge in [0.05, 0.1) is 0 Å². The van der Waals surface area contributed by atoms with E-state index in [9.17, 15) is 4.79 Å². The molecule has 0 saturated heterocycles. The highest BCUT2D eigenvalue weighted by molar-refractivity contribution is 5.79. The van der Waals surface area contributed by atoms with Gasteiger partial charge in [0.1, 0.15) is 12.1 Å². The number of nitrogens with one attached hydrogen (secondary N) is 1. The number of hydrogen-bond donors (Lipinski definition) is 1. The number of aromatic nitrogens is 1. The zero-order chi connectivity index (χ0) is 21.9. The normalized spacial score (nSPS) is 12.8. The number of alkyl carbamates (subject to hydrolysis) is 1. The van der Waals surface area contributed by atoms with Gasteiger partial charge in [-0.1, -0.05) is 66.7 Å². The third kappa shape index (κ3) is 4.02. The van der Waals surface area contributed by atoms with Gasteiger partial charge in [-0.25, -0.2) is 9.78 Å². The number of amides is 1. The number of benzene rings is 3. The van der Waals surface area contributed by atoms with Gasteiger partial charge >= 0.3 is 6.09 Å². The lowest BCUT2D eigenvalue weighted by Gasteiger charge is -2.14. The fourth-order valence-electron chi connectivity index (χ4n) is 4.29. The Bertz CT molecular complexity index is 1260. The summed E-state index contributed by atoms with van der Waals surface area (Å²) in [4.78, 5) is 16.6. The molecule has 5 heteroatoms. The topological polar surface area (TPSA) is 64.4 Å². The Morgan fingerprint density at radius 3 is 2.53 bits per heavy atom. The minimum atomic E-state index is -0.389. The summed E-state index contributed by atoms with van der Waals surface area (Å²) in [6.45, 7) is 2.68. The van der Waals surface area contributed by atoms with Crippen molar-refractivity contribution in [3.63, 3.8) is 0 Å². The molecule has 32 heavy (non-hydrogen) atoms. The van der Waals surface area contributed by atoms with E-state index in [0.29, 0.717) is 25.5 Å². The molecule has 1 N–H and O–H groups in total. The van der Waals surface area contributed by atoms with Crippen molar-refractivity contribution in [2.24, 2.45) is 0 Å². The Hall–Kier alpha value is -3.86. The average molecular weight is 425 g/mol. The van der Waals surface area contributed by atoms with Crippen LogP contribution in [0, 0.1) is 6.92 Å². The lowest BCUT2D eigenvalue weighted by atomic mass is 9.98. The van der Waals surface area contributed by atoms with Crippen LogP contribution in [0.15, 0.2) is 77.2 Å². The van der Waals surface area contributed by atoms with Gasteiger partial charge in [-0.05, 0) is 46.4 Å². The minimum Gasteiger partial charge on any atom is -0.449 e. The summed E-state index contributed by atoms with van der Waals surface area (Å²) in [7, 11) is 0. The molecule has 0 aliphatic heterocycles. The molecular formula is C27H24N2O3. The third-order valence-corrected chi connectivity index (χ3v) is 5.75. The van der Waals surface area contributed by atoms with E-state index in [1.165, 1.54) is 22.3 Å². The number of oxazole rings is 1. The fourth-order valence-corrected chi connectivity index (χ4v) is 4.29. The smallest absolute Gasteiger partial charge is 0.407 e. The lowest BCUT2D eigenvalue weighted by molar-refractivity contribution is 0.143. The highest BCUT2D eigenvalue weighted by atomic mass is 16.5. The molecule has 5 nitrogen and oxygen atoms in total. The second-order valence-corrected chi connectivity index (χ2v) is 7.90. The summed E-state index contributed by atoms with van der Waals surface area (Å²) < 4.78 is 11.1. The second-order valence-electron chi connectivity index (χ2n) is 7.90. The van der Waals surface area contributed by atoms with Crippen LogP contribution in [0.25, 0.3) is 28.3 Å². The van der Waals surface area contributed by atoms with E-state index in [4.69, 9.17) is 9.15 Å². The first-order chi connectivity index (χ1) is 15.7. The average Bonchev–Trinajstić information content (AvgIpc) is 3.34. The maximum absolute atomic E-state index is 12.2. The Labute approximate surface area is 186 Å². The highest BCUT2D eigenvalue weighted by Crippen LogP contribution is 2.44. The van der Waals surface area contributed by atoms with Crippen LogP contribution in [0.4, 0.5) is 4.79 Å². The number of ether oxygens (including phenoxy) is 1. The van der Waals surface area contributed by atoms with Crippen molar-refractivity contribution >= 4 is 23.3 Å². The maximum atomic E-state index is 12.2. The van der Waals surface area contributed by atoms with E-state index >= 15 is 0 Å². The molecule has 3 aromatic carbocycles. The van der Waals surface area contributed by atoms with Crippen LogP contribution in [0.1, 0.15) is 34.9 Å². The summed E-state index contributed by atoms with van der Waals surface area (Å²) in [5.41, 5.74) is 7.56. The van der Waals surface area contributed by atoms with Gasteiger partial charge in [0.15, 0.2) is 11.5 Å². The molecule has 5 rings (SSSR count). The van der Waals surface area contributed by atoms with E-state index in [-0.39, 0.29) is 12.0 Å². The number of carbonyl (C=O) groups is 1. The maximum Gasteiger partial charge on any atom is 0.407 e. The van der Waals surface area contributed by atoms with Crippen LogP contribution in [0.5, 0.6) is 0 Å². The molecule has 0 spiro atoms. The van der Waals surface area contributed by atoms with E-state index < -0.39 is 0 Å². The summed E-state index contributed by atoms with van der Waals surface area (Å²) in [6, 6.07) is 22.5. The van der Waals surface area contributed by atoms with Gasteiger partial charge < -0.3 is 14.5 Å². The molecule has 0 radical (unpaired) electrons. The van der Waals surface area contributed by atoms with Crippen molar-refractivity contribution in [2.45, 2.75) is 19.3 Å². The summed E-state index contributed by atoms with van der Waals surface area (Å²) in [6.07, 6.45) is 4.36. The number of aryl methyl sites for hydroxylation is 1. The molecule has 1 aliphatic carbocycles. The molecule has 0 fully saturated rings. The lowest BCUT2D eigenvalue weighted by Crippen LogP contribution is -2.26. The van der Waals surface area contributed by atoms with Crippen molar-refractivity contribution in [2.75, 3.05) is 13.2 Å². The monoisotopic (exact) mass is 424 g/mol. The fraction of sp³-hybridized carbons (Fsp3) is 0.185. The van der Waals surface area contributed by atoms with E-state index in [0.717, 1.165) is 16.7 Å². The third-order valence-electron chi connectivity index (χ3n) is 5.75. The standard InChI is InChI=1S/C27H24N2O3/c1-18-29-25-16-19(13-14-26(25)32-18)8-6-7-15-28-27(30)31-17-24-22-11-4-2-9-20(22)21-10-3-5-12-23(21)24/h2-6,8-14,16,24H,7,15,17H2,1H3,(H,28,30). The van der Waals surface area contributed by atoms with Gasteiger partial charge in [0, 0.05) is 19.4 Å². The second kappa shape index (κ2) is 8.71. The van der Waals surface area contributed by atoms with Gasteiger partial charge in [-0.3, -0.25) is 0 Å². The molecule has 1 amide bonds. The molecule has 0 atom stereocenters. The predicted octanol–water partition coefficient (Wildman–Crippen LogP) is 6.08. The number of carbonyl (C=O) groups excluding carboxylic acids is 1. The predicted molar refractivity (Wildman–Crippen MR) is 125 cm³/mol. The Morgan fingerprint density at radius 1 is 1.06 bits per heavy atom. The summed E-state index contributed by atoms with van der Waals surface area (Å²) in [5.74, 6) is 0.733. The molecule has 4 aromatic rings. The van der Waals surface area contributed by atoms with Crippen LogP contribution in [0.3, 0.4) is 0 Å². The van der Waals surface area contributed by atoms with Crippen molar-refractivity contribution < 1.29 is 13.9 Å². The summed E-state index contributed by atoms with van der Waals surface area (Å²) in [5, 5.41) is 2.83. The number of fused-ring (bicyclic) bond motifs is 4. The van der Waals surface area contributed by atoms with Crippen LogP contribution in [-0.4, -0.2) is 24.2 Å². The number of rotatable bonds is 6. The molecule has 1 aliphatic rings. The van der Waals surface area contributed by atoms with Crippen molar-refractivity contribution in [3.05, 3.63) is 95.4 Å². The Balaban J connectivity index is 1.12. The Morgan fingerprint density at radius 2 is 1.78 bits per heavy atom. The zero-order valence-electron chi connectivity index (χ0n) is 17.9. The first kappa shape index (κ1) is 20.1. The van der Waals surface area contributed by atoms with Gasteiger partial charge in [0.25, 0.3) is 0 Å². The number of nitrogens with zero attached hydrogens (tertiary/aromatic N) is 1. The molecule has 0 saturated carbocycles. The molecular weight excluding hydrogens is 400 g/mol. The van der Waals surface area contributed by atoms with Crippen LogP contribution in [-0.2, 0) is 4.74 Å². The molecule has 0 bridgehead atoms. The van der Waals surface area contributed by atoms with Crippen LogP contribution >= 0.6 is 0 Å². The van der Waals surface area contributed by atoms with Crippen LogP contribution < -0.4 is 5.32 Å². The number of hydrogen-bond acceptors (Lipinski definition) is 4.